The zero-order valence-corrected chi connectivity index (χ0v) is 18.6. The molecule has 3 rings (SSSR count). The Balaban J connectivity index is 2.14. The van der Waals surface area contributed by atoms with Crippen LogP contribution in [0.4, 0.5) is 0 Å². The Labute approximate surface area is 179 Å². The molecule has 0 fully saturated rings. The maximum Gasteiger partial charge on any atom is 0.282 e. The summed E-state index contributed by atoms with van der Waals surface area (Å²) in [6.45, 7) is 2.09. The van der Waals surface area contributed by atoms with E-state index >= 15 is 0 Å². The third-order valence-corrected chi connectivity index (χ3v) is 5.42. The van der Waals surface area contributed by atoms with Gasteiger partial charge in [0.25, 0.3) is 5.56 Å². The van der Waals surface area contributed by atoms with E-state index in [9.17, 15) is 9.90 Å². The van der Waals surface area contributed by atoms with E-state index in [-0.39, 0.29) is 11.3 Å². The van der Waals surface area contributed by atoms with Gasteiger partial charge in [0.15, 0.2) is 11.5 Å². The lowest BCUT2D eigenvalue weighted by Gasteiger charge is -2.10. The van der Waals surface area contributed by atoms with Crippen LogP contribution in [0.2, 0.25) is 0 Å². The number of nitrogens with zero attached hydrogens (tertiary/aromatic N) is 3. The Bertz CT molecular complexity index is 1110. The second-order valence-electron chi connectivity index (χ2n) is 6.20. The van der Waals surface area contributed by atoms with Crippen LogP contribution in [-0.4, -0.2) is 28.1 Å². The summed E-state index contributed by atoms with van der Waals surface area (Å²) >= 11 is 6.80. The number of ether oxygens (including phenoxy) is 1. The van der Waals surface area contributed by atoms with E-state index in [2.05, 4.69) is 48.9 Å². The molecular formula is C20H19Br2N3O3. The van der Waals surface area contributed by atoms with Gasteiger partial charge in [0.2, 0.25) is 0 Å². The molecular weight excluding hydrogens is 490 g/mol. The van der Waals surface area contributed by atoms with Crippen LogP contribution < -0.4 is 10.3 Å². The van der Waals surface area contributed by atoms with E-state index in [0.717, 1.165) is 17.3 Å². The fraction of sp³-hybridized carbons (Fsp3) is 0.250. The highest BCUT2D eigenvalue weighted by atomic mass is 79.9. The highest BCUT2D eigenvalue weighted by molar-refractivity contribution is 9.10. The van der Waals surface area contributed by atoms with Gasteiger partial charge >= 0.3 is 0 Å². The van der Waals surface area contributed by atoms with Crippen LogP contribution in [-0.2, 0) is 6.42 Å². The number of aromatic nitrogens is 2. The number of hydrogen-bond acceptors (Lipinski definition) is 5. The van der Waals surface area contributed by atoms with Crippen LogP contribution in [0, 0.1) is 0 Å². The van der Waals surface area contributed by atoms with Crippen molar-refractivity contribution < 1.29 is 9.84 Å². The SMILES string of the molecule is CCCCc1nc2ccc(Br)cc2c(=O)n1N=Cc1cc(OC)c(O)cc1Br. The molecule has 1 heterocycles. The quantitative estimate of drug-likeness (QED) is 0.482. The van der Waals surface area contributed by atoms with Crippen molar-refractivity contribution in [3.8, 4) is 11.5 Å². The van der Waals surface area contributed by atoms with Crippen LogP contribution >= 0.6 is 31.9 Å². The van der Waals surface area contributed by atoms with Crippen LogP contribution in [0.25, 0.3) is 10.9 Å². The van der Waals surface area contributed by atoms with E-state index in [4.69, 9.17) is 4.74 Å². The number of benzene rings is 2. The van der Waals surface area contributed by atoms with Crippen LogP contribution in [0.5, 0.6) is 11.5 Å². The first-order valence-corrected chi connectivity index (χ1v) is 10.3. The lowest BCUT2D eigenvalue weighted by molar-refractivity contribution is 0.373. The summed E-state index contributed by atoms with van der Waals surface area (Å²) in [4.78, 5) is 17.7. The molecule has 28 heavy (non-hydrogen) atoms. The first-order valence-electron chi connectivity index (χ1n) is 8.76. The molecule has 146 valence electrons. The van der Waals surface area contributed by atoms with E-state index in [1.807, 2.05) is 12.1 Å². The summed E-state index contributed by atoms with van der Waals surface area (Å²) < 4.78 is 7.93. The summed E-state index contributed by atoms with van der Waals surface area (Å²) in [5.41, 5.74) is 1.09. The number of fused-ring (bicyclic) bond motifs is 1. The number of phenolic OH excluding ortho intramolecular Hbond substituents is 1. The van der Waals surface area contributed by atoms with Crippen molar-refractivity contribution in [2.24, 2.45) is 5.10 Å². The van der Waals surface area contributed by atoms with Gasteiger partial charge < -0.3 is 9.84 Å². The van der Waals surface area contributed by atoms with Crippen molar-refractivity contribution in [2.45, 2.75) is 26.2 Å². The van der Waals surface area contributed by atoms with Crippen molar-refractivity contribution in [3.63, 3.8) is 0 Å². The van der Waals surface area contributed by atoms with Gasteiger partial charge in [-0.3, -0.25) is 4.79 Å². The van der Waals surface area contributed by atoms with Crippen molar-refractivity contribution >= 4 is 49.0 Å². The van der Waals surface area contributed by atoms with Crippen molar-refractivity contribution in [3.05, 3.63) is 61.0 Å². The van der Waals surface area contributed by atoms with Crippen LogP contribution in [0.1, 0.15) is 31.2 Å². The molecule has 0 aliphatic carbocycles. The molecule has 0 bridgehead atoms. The molecule has 0 amide bonds. The number of unbranched alkanes of at least 4 members (excludes halogenated alkanes) is 1. The van der Waals surface area contributed by atoms with Gasteiger partial charge in [-0.2, -0.15) is 9.78 Å². The standard InChI is InChI=1S/C20H19Br2N3O3/c1-3-4-5-19-24-16-7-6-13(21)9-14(16)20(27)25(19)23-11-12-8-18(28-2)17(26)10-15(12)22/h6-11,26H,3-5H2,1-2H3. The maximum atomic E-state index is 13.1. The molecule has 0 atom stereocenters. The van der Waals surface area contributed by atoms with Crippen molar-refractivity contribution in [1.29, 1.82) is 0 Å². The molecule has 1 N–H and O–H groups in total. The largest absolute Gasteiger partial charge is 0.504 e. The van der Waals surface area contributed by atoms with Crippen LogP contribution in [0.15, 0.2) is 49.2 Å². The van der Waals surface area contributed by atoms with Crippen molar-refractivity contribution in [2.75, 3.05) is 7.11 Å². The zero-order chi connectivity index (χ0) is 20.3. The molecule has 6 nitrogen and oxygen atoms in total. The molecule has 2 aromatic carbocycles. The van der Waals surface area contributed by atoms with Crippen LogP contribution in [0.3, 0.4) is 0 Å². The number of hydrogen-bond donors (Lipinski definition) is 1. The third kappa shape index (κ3) is 4.28. The van der Waals surface area contributed by atoms with Gasteiger partial charge in [0, 0.05) is 20.9 Å². The summed E-state index contributed by atoms with van der Waals surface area (Å²) in [5, 5.41) is 14.8. The molecule has 0 aliphatic heterocycles. The Morgan fingerprint density at radius 2 is 2.07 bits per heavy atom. The predicted molar refractivity (Wildman–Crippen MR) is 118 cm³/mol. The normalized spacial score (nSPS) is 11.4. The first-order chi connectivity index (χ1) is 13.4. The molecule has 0 aliphatic rings. The fourth-order valence-electron chi connectivity index (χ4n) is 2.75. The third-order valence-electron chi connectivity index (χ3n) is 4.24. The lowest BCUT2D eigenvalue weighted by atomic mass is 10.2. The number of halogens is 2. The monoisotopic (exact) mass is 507 g/mol. The van der Waals surface area contributed by atoms with Gasteiger partial charge in [-0.25, -0.2) is 4.98 Å². The van der Waals surface area contributed by atoms with Gasteiger partial charge in [-0.15, -0.1) is 0 Å². The minimum atomic E-state index is -0.226. The average molecular weight is 509 g/mol. The second-order valence-corrected chi connectivity index (χ2v) is 7.97. The Hall–Kier alpha value is -2.19. The van der Waals surface area contributed by atoms with Gasteiger partial charge in [-0.05, 0) is 52.7 Å². The predicted octanol–water partition coefficient (Wildman–Crippen LogP) is 4.86. The summed E-state index contributed by atoms with van der Waals surface area (Å²) in [5.74, 6) is 0.952. The molecule has 0 radical (unpaired) electrons. The maximum absolute atomic E-state index is 13.1. The van der Waals surface area contributed by atoms with E-state index < -0.39 is 0 Å². The van der Waals surface area contributed by atoms with E-state index in [1.54, 1.807) is 18.3 Å². The number of aryl methyl sites for hydroxylation is 1. The Morgan fingerprint density at radius 1 is 1.29 bits per heavy atom. The average Bonchev–Trinajstić information content (AvgIpc) is 2.67. The minimum absolute atomic E-state index is 0.0181. The summed E-state index contributed by atoms with van der Waals surface area (Å²) in [7, 11) is 1.47. The minimum Gasteiger partial charge on any atom is -0.504 e. The molecule has 3 aromatic rings. The molecule has 1 aromatic heterocycles. The molecule has 8 heteroatoms. The van der Waals surface area contributed by atoms with Gasteiger partial charge in [0.1, 0.15) is 5.82 Å². The van der Waals surface area contributed by atoms with E-state index in [0.29, 0.717) is 38.9 Å². The smallest absolute Gasteiger partial charge is 0.282 e. The lowest BCUT2D eigenvalue weighted by Crippen LogP contribution is -2.22. The fourth-order valence-corrected chi connectivity index (χ4v) is 3.55. The number of methoxy groups -OCH3 is 1. The highest BCUT2D eigenvalue weighted by Crippen LogP contribution is 2.31. The molecule has 0 unspecified atom stereocenters. The number of rotatable bonds is 6. The number of aromatic hydroxyl groups is 1. The van der Waals surface area contributed by atoms with Gasteiger partial charge in [0.05, 0.1) is 24.2 Å². The Kier molecular flexibility index (Phi) is 6.51. The van der Waals surface area contributed by atoms with Gasteiger partial charge in [-0.1, -0.05) is 29.3 Å². The zero-order valence-electron chi connectivity index (χ0n) is 15.4. The molecule has 0 spiro atoms. The highest BCUT2D eigenvalue weighted by Gasteiger charge is 2.12. The Morgan fingerprint density at radius 3 is 2.79 bits per heavy atom. The molecule has 0 saturated carbocycles. The van der Waals surface area contributed by atoms with Crippen molar-refractivity contribution in [1.82, 2.24) is 9.66 Å². The number of phenols is 1. The van der Waals surface area contributed by atoms with E-state index in [1.165, 1.54) is 17.9 Å². The first kappa shape index (κ1) is 20.5. The molecule has 0 saturated heterocycles. The summed E-state index contributed by atoms with van der Waals surface area (Å²) in [6, 6.07) is 8.61. The topological polar surface area (TPSA) is 76.7 Å². The summed E-state index contributed by atoms with van der Waals surface area (Å²) in [6.07, 6.45) is 4.09. The second kappa shape index (κ2) is 8.87.